The second-order valence-corrected chi connectivity index (χ2v) is 6.42. The van der Waals surface area contributed by atoms with Gasteiger partial charge in [0.05, 0.1) is 6.20 Å². The molecule has 0 aliphatic carbocycles. The van der Waals surface area contributed by atoms with Crippen LogP contribution in [0.3, 0.4) is 0 Å². The predicted octanol–water partition coefficient (Wildman–Crippen LogP) is 2.49. The Morgan fingerprint density at radius 1 is 1.62 bits per heavy atom. The minimum absolute atomic E-state index is 0.720. The van der Waals surface area contributed by atoms with Crippen LogP contribution in [-0.4, -0.2) is 28.6 Å². The Kier molecular flexibility index (Phi) is 1.96. The molecule has 0 radical (unpaired) electrons. The summed E-state index contributed by atoms with van der Waals surface area (Å²) < 4.78 is 0.797. The van der Waals surface area contributed by atoms with E-state index in [1.165, 1.54) is 18.7 Å². The van der Waals surface area contributed by atoms with Crippen LogP contribution in [0.2, 0.25) is 4.34 Å². The molecular weight excluding hydrogens is 224 g/mol. The molecule has 2 bridgehead atoms. The van der Waals surface area contributed by atoms with Gasteiger partial charge in [0, 0.05) is 23.6 Å². The minimum atomic E-state index is 0.720. The van der Waals surface area contributed by atoms with Gasteiger partial charge in [-0.05, 0) is 6.42 Å². The zero-order valence-corrected chi connectivity index (χ0v) is 9.33. The van der Waals surface area contributed by atoms with Gasteiger partial charge in [0.2, 0.25) is 0 Å². The first-order valence-electron chi connectivity index (χ1n) is 4.32. The van der Waals surface area contributed by atoms with Gasteiger partial charge in [0.1, 0.15) is 4.34 Å². The first-order chi connectivity index (χ1) is 6.33. The molecule has 0 saturated carbocycles. The van der Waals surface area contributed by atoms with Crippen molar-refractivity contribution in [3.63, 3.8) is 0 Å². The third kappa shape index (κ3) is 1.35. The molecule has 0 N–H and O–H groups in total. The van der Waals surface area contributed by atoms with Crippen molar-refractivity contribution in [2.75, 3.05) is 17.2 Å². The van der Waals surface area contributed by atoms with Crippen LogP contribution < -0.4 is 4.90 Å². The third-order valence-electron chi connectivity index (χ3n) is 2.61. The van der Waals surface area contributed by atoms with Crippen LogP contribution in [0.15, 0.2) is 6.20 Å². The molecule has 0 unspecified atom stereocenters. The number of hydrogen-bond donors (Lipinski definition) is 0. The number of aromatic nitrogens is 1. The maximum absolute atomic E-state index is 5.87. The average molecular weight is 233 g/mol. The quantitative estimate of drug-likeness (QED) is 0.740. The molecule has 5 heteroatoms. The summed E-state index contributed by atoms with van der Waals surface area (Å²) in [6, 6.07) is 0.720. The van der Waals surface area contributed by atoms with E-state index in [0.29, 0.717) is 0 Å². The van der Waals surface area contributed by atoms with Crippen LogP contribution in [0.5, 0.6) is 0 Å². The van der Waals surface area contributed by atoms with E-state index >= 15 is 0 Å². The molecule has 2 fully saturated rings. The fraction of sp³-hybridized carbons (Fsp3) is 0.625. The van der Waals surface area contributed by atoms with Crippen LogP contribution in [-0.2, 0) is 0 Å². The number of nitrogens with zero attached hydrogens (tertiary/aromatic N) is 2. The second kappa shape index (κ2) is 3.04. The number of thiazole rings is 1. The van der Waals surface area contributed by atoms with Gasteiger partial charge in [-0.3, -0.25) is 0 Å². The first-order valence-corrected chi connectivity index (χ1v) is 6.57. The van der Waals surface area contributed by atoms with E-state index in [2.05, 4.69) is 21.6 Å². The summed E-state index contributed by atoms with van der Waals surface area (Å²) in [5, 5.41) is 1.95. The standard InChI is InChI=1S/C8H9ClN2S2/c9-7-2-10-8(13-7)11-3-6-1-5(11)4-12-6/h2,5-6H,1,3-4H2/t5-,6-/m0/s1. The summed E-state index contributed by atoms with van der Waals surface area (Å²) in [5.74, 6) is 1.27. The molecular formula is C8H9ClN2S2. The normalized spacial score (nSPS) is 31.6. The smallest absolute Gasteiger partial charge is 0.187 e. The van der Waals surface area contributed by atoms with Gasteiger partial charge in [-0.15, -0.1) is 0 Å². The van der Waals surface area contributed by atoms with Crippen molar-refractivity contribution in [1.82, 2.24) is 4.98 Å². The molecule has 70 valence electrons. The predicted molar refractivity (Wildman–Crippen MR) is 59.1 cm³/mol. The van der Waals surface area contributed by atoms with Gasteiger partial charge in [-0.2, -0.15) is 11.8 Å². The molecule has 1 aromatic heterocycles. The van der Waals surface area contributed by atoms with Gasteiger partial charge in [0.15, 0.2) is 5.13 Å². The van der Waals surface area contributed by atoms with Crippen molar-refractivity contribution < 1.29 is 0 Å². The summed E-state index contributed by atoms with van der Waals surface area (Å²) in [5.41, 5.74) is 0. The van der Waals surface area contributed by atoms with Gasteiger partial charge in [-0.1, -0.05) is 22.9 Å². The fourth-order valence-corrected chi connectivity index (χ4v) is 4.43. The van der Waals surface area contributed by atoms with Gasteiger partial charge < -0.3 is 4.90 Å². The van der Waals surface area contributed by atoms with E-state index in [0.717, 1.165) is 20.8 Å². The summed E-state index contributed by atoms with van der Waals surface area (Å²) in [4.78, 5) is 6.73. The molecule has 2 nitrogen and oxygen atoms in total. The molecule has 2 aliphatic rings. The van der Waals surface area contributed by atoms with Crippen LogP contribution in [0.25, 0.3) is 0 Å². The van der Waals surface area contributed by atoms with Crippen LogP contribution in [0.1, 0.15) is 6.42 Å². The Morgan fingerprint density at radius 3 is 3.08 bits per heavy atom. The first kappa shape index (κ1) is 8.38. The van der Waals surface area contributed by atoms with Crippen molar-refractivity contribution in [3.8, 4) is 0 Å². The van der Waals surface area contributed by atoms with E-state index in [4.69, 9.17) is 11.6 Å². The van der Waals surface area contributed by atoms with Crippen molar-refractivity contribution in [1.29, 1.82) is 0 Å². The molecule has 0 spiro atoms. The van der Waals surface area contributed by atoms with Crippen LogP contribution in [0.4, 0.5) is 5.13 Å². The summed E-state index contributed by atoms with van der Waals surface area (Å²) in [7, 11) is 0. The Bertz CT molecular complexity index is 328. The average Bonchev–Trinajstić information content (AvgIpc) is 2.77. The summed E-state index contributed by atoms with van der Waals surface area (Å²) >= 11 is 9.56. The maximum Gasteiger partial charge on any atom is 0.187 e. The lowest BCUT2D eigenvalue weighted by Crippen LogP contribution is -2.33. The Labute approximate surface area is 90.3 Å². The lowest BCUT2D eigenvalue weighted by molar-refractivity contribution is 0.760. The summed E-state index contributed by atoms with van der Waals surface area (Å²) in [6.07, 6.45) is 3.09. The molecule has 2 aliphatic heterocycles. The number of halogens is 1. The van der Waals surface area contributed by atoms with Crippen molar-refractivity contribution >= 4 is 39.8 Å². The molecule has 2 saturated heterocycles. The van der Waals surface area contributed by atoms with E-state index in [1.54, 1.807) is 17.5 Å². The van der Waals surface area contributed by atoms with E-state index < -0.39 is 0 Å². The Balaban J connectivity index is 1.87. The van der Waals surface area contributed by atoms with Crippen molar-refractivity contribution in [3.05, 3.63) is 10.5 Å². The Morgan fingerprint density at radius 2 is 2.54 bits per heavy atom. The summed E-state index contributed by atoms with van der Waals surface area (Å²) in [6.45, 7) is 1.17. The molecule has 2 atom stereocenters. The number of anilines is 1. The fourth-order valence-electron chi connectivity index (χ4n) is 2.01. The molecule has 0 aromatic carbocycles. The molecule has 13 heavy (non-hydrogen) atoms. The topological polar surface area (TPSA) is 16.1 Å². The lowest BCUT2D eigenvalue weighted by atomic mass is 10.2. The molecule has 3 heterocycles. The van der Waals surface area contributed by atoms with Crippen LogP contribution >= 0.6 is 34.7 Å². The van der Waals surface area contributed by atoms with Crippen molar-refractivity contribution in [2.24, 2.45) is 0 Å². The van der Waals surface area contributed by atoms with Crippen molar-refractivity contribution in [2.45, 2.75) is 17.7 Å². The SMILES string of the molecule is Clc1cnc(N2C[C@@H]3C[C@H]2CS3)s1. The number of hydrogen-bond acceptors (Lipinski definition) is 4. The highest BCUT2D eigenvalue weighted by Crippen LogP contribution is 2.41. The minimum Gasteiger partial charge on any atom is -0.343 e. The highest BCUT2D eigenvalue weighted by atomic mass is 35.5. The lowest BCUT2D eigenvalue weighted by Gasteiger charge is -2.25. The highest BCUT2D eigenvalue weighted by Gasteiger charge is 2.39. The Hall–Kier alpha value is 0.0700. The van der Waals surface area contributed by atoms with Crippen LogP contribution in [0, 0.1) is 0 Å². The van der Waals surface area contributed by atoms with Gasteiger partial charge in [-0.25, -0.2) is 4.98 Å². The molecule has 3 rings (SSSR count). The highest BCUT2D eigenvalue weighted by molar-refractivity contribution is 8.00. The zero-order chi connectivity index (χ0) is 8.84. The number of thioether (sulfide) groups is 1. The second-order valence-electron chi connectivity index (χ2n) is 3.44. The van der Waals surface area contributed by atoms with E-state index in [1.807, 2.05) is 0 Å². The van der Waals surface area contributed by atoms with E-state index in [9.17, 15) is 0 Å². The van der Waals surface area contributed by atoms with E-state index in [-0.39, 0.29) is 0 Å². The largest absolute Gasteiger partial charge is 0.343 e. The third-order valence-corrected chi connectivity index (χ3v) is 5.15. The van der Waals surface area contributed by atoms with Gasteiger partial charge in [0.25, 0.3) is 0 Å². The number of fused-ring (bicyclic) bond motifs is 2. The van der Waals surface area contributed by atoms with Gasteiger partial charge >= 0.3 is 0 Å². The molecule has 1 aromatic rings. The number of rotatable bonds is 1. The molecule has 0 amide bonds. The maximum atomic E-state index is 5.87. The monoisotopic (exact) mass is 232 g/mol. The zero-order valence-electron chi connectivity index (χ0n) is 6.94.